The van der Waals surface area contributed by atoms with Gasteiger partial charge in [0.25, 0.3) is 15.9 Å². The lowest BCUT2D eigenvalue weighted by molar-refractivity contribution is 0.0940. The molecule has 0 aliphatic rings. The number of nitrogens with zero attached hydrogens (tertiary/aromatic N) is 1. The number of hydrogen-bond donors (Lipinski definition) is 1. The van der Waals surface area contributed by atoms with E-state index in [2.05, 4.69) is 18.0 Å². The second-order valence-corrected chi connectivity index (χ2v) is 9.60. The van der Waals surface area contributed by atoms with E-state index >= 15 is 0 Å². The van der Waals surface area contributed by atoms with E-state index in [1.807, 2.05) is 32.9 Å². The van der Waals surface area contributed by atoms with Crippen molar-refractivity contribution in [1.29, 1.82) is 0 Å². The van der Waals surface area contributed by atoms with Crippen LogP contribution in [0.1, 0.15) is 40.0 Å². The van der Waals surface area contributed by atoms with Crippen LogP contribution in [0.15, 0.2) is 90.3 Å². The van der Waals surface area contributed by atoms with Gasteiger partial charge in [0.05, 0.1) is 23.2 Å². The maximum atomic E-state index is 13.1. The average molecular weight is 449 g/mol. The number of hydrogen-bond acceptors (Lipinski definition) is 3. The molecule has 3 aromatic carbocycles. The number of carbonyl (C=O) groups is 1. The maximum absolute atomic E-state index is 13.1. The van der Waals surface area contributed by atoms with Crippen molar-refractivity contribution in [3.8, 4) is 0 Å². The normalized spacial score (nSPS) is 12.1. The highest BCUT2D eigenvalue weighted by molar-refractivity contribution is 7.92. The Kier molecular flexibility index (Phi) is 7.15. The maximum Gasteiger partial charge on any atom is 0.264 e. The van der Waals surface area contributed by atoms with Gasteiger partial charge in [-0.15, -0.1) is 6.58 Å². The number of rotatable bonds is 8. The fourth-order valence-corrected chi connectivity index (χ4v) is 5.08. The minimum absolute atomic E-state index is 0.118. The van der Waals surface area contributed by atoms with Crippen molar-refractivity contribution in [3.63, 3.8) is 0 Å². The first-order valence-corrected chi connectivity index (χ1v) is 11.8. The van der Waals surface area contributed by atoms with Crippen LogP contribution in [0.5, 0.6) is 0 Å². The fraction of sp³-hybridized carbons (Fsp3) is 0.192. The molecule has 3 rings (SSSR count). The second kappa shape index (κ2) is 9.83. The molecule has 0 saturated carbocycles. The van der Waals surface area contributed by atoms with E-state index in [9.17, 15) is 13.2 Å². The van der Waals surface area contributed by atoms with Crippen molar-refractivity contribution in [3.05, 3.63) is 108 Å². The number of sulfonamides is 1. The van der Waals surface area contributed by atoms with Crippen LogP contribution < -0.4 is 9.62 Å². The molecule has 1 amide bonds. The summed E-state index contributed by atoms with van der Waals surface area (Å²) in [5.41, 5.74) is 4.29. The Morgan fingerprint density at radius 2 is 1.69 bits per heavy atom. The van der Waals surface area contributed by atoms with E-state index in [4.69, 9.17) is 0 Å². The number of aryl methyl sites for hydroxylation is 2. The highest BCUT2D eigenvalue weighted by Gasteiger charge is 2.24. The Hall–Kier alpha value is -3.38. The van der Waals surface area contributed by atoms with Crippen molar-refractivity contribution in [2.24, 2.45) is 0 Å². The SMILES string of the molecule is C=CCN(c1ccc(C(=O)NC(C)c2ccc(C)cc2C)cc1)S(=O)(=O)c1ccccc1. The number of anilines is 1. The molecule has 3 aromatic rings. The van der Waals surface area contributed by atoms with Crippen LogP contribution in [0, 0.1) is 13.8 Å². The molecule has 0 heterocycles. The highest BCUT2D eigenvalue weighted by Crippen LogP contribution is 2.25. The molecule has 0 aliphatic heterocycles. The van der Waals surface area contributed by atoms with Crippen LogP contribution in [-0.4, -0.2) is 20.9 Å². The van der Waals surface area contributed by atoms with Gasteiger partial charge in [-0.25, -0.2) is 8.42 Å². The lowest BCUT2D eigenvalue weighted by atomic mass is 10.00. The summed E-state index contributed by atoms with van der Waals surface area (Å²) in [6.45, 7) is 9.81. The van der Waals surface area contributed by atoms with Gasteiger partial charge in [-0.2, -0.15) is 0 Å². The van der Waals surface area contributed by atoms with Crippen molar-refractivity contribution >= 4 is 21.6 Å². The average Bonchev–Trinajstić information content (AvgIpc) is 2.78. The summed E-state index contributed by atoms with van der Waals surface area (Å²) in [5.74, 6) is -0.217. The standard InChI is InChI=1S/C26H28N2O3S/c1-5-17-28(32(30,31)24-9-7-6-8-10-24)23-14-12-22(13-15-23)26(29)27-21(4)25-16-11-19(2)18-20(25)3/h5-16,18,21H,1,17H2,2-4H3,(H,27,29). The van der Waals surface area contributed by atoms with Gasteiger partial charge in [0.1, 0.15) is 0 Å². The molecule has 0 radical (unpaired) electrons. The summed E-state index contributed by atoms with van der Waals surface area (Å²) in [7, 11) is -3.75. The molecule has 1 N–H and O–H groups in total. The number of carbonyl (C=O) groups excluding carboxylic acids is 1. The third kappa shape index (κ3) is 5.08. The summed E-state index contributed by atoms with van der Waals surface area (Å²) in [6, 6.07) is 20.8. The molecule has 0 spiro atoms. The minimum Gasteiger partial charge on any atom is -0.346 e. The number of nitrogens with one attached hydrogen (secondary N) is 1. The van der Waals surface area contributed by atoms with Gasteiger partial charge in [-0.05, 0) is 68.3 Å². The Balaban J connectivity index is 1.80. The third-order valence-corrected chi connectivity index (χ3v) is 7.09. The highest BCUT2D eigenvalue weighted by atomic mass is 32.2. The van der Waals surface area contributed by atoms with Gasteiger partial charge in [0.15, 0.2) is 0 Å². The summed E-state index contributed by atoms with van der Waals surface area (Å²) < 4.78 is 27.5. The van der Waals surface area contributed by atoms with Crippen LogP contribution in [0.4, 0.5) is 5.69 Å². The van der Waals surface area contributed by atoms with Crippen molar-refractivity contribution in [2.75, 3.05) is 10.8 Å². The Labute approximate surface area is 190 Å². The smallest absolute Gasteiger partial charge is 0.264 e. The lowest BCUT2D eigenvalue weighted by Gasteiger charge is -2.23. The quantitative estimate of drug-likeness (QED) is 0.483. The molecule has 0 fully saturated rings. The van der Waals surface area contributed by atoms with Crippen LogP contribution in [0.3, 0.4) is 0 Å². The van der Waals surface area contributed by atoms with Gasteiger partial charge in [0, 0.05) is 5.56 Å². The Morgan fingerprint density at radius 3 is 2.28 bits per heavy atom. The number of benzene rings is 3. The monoisotopic (exact) mass is 448 g/mol. The van der Waals surface area contributed by atoms with Crippen molar-refractivity contribution in [2.45, 2.75) is 31.7 Å². The van der Waals surface area contributed by atoms with E-state index in [1.54, 1.807) is 54.6 Å². The van der Waals surface area contributed by atoms with Gasteiger partial charge < -0.3 is 5.32 Å². The van der Waals surface area contributed by atoms with E-state index in [0.717, 1.165) is 11.1 Å². The first-order chi connectivity index (χ1) is 15.2. The lowest BCUT2D eigenvalue weighted by Crippen LogP contribution is -2.31. The van der Waals surface area contributed by atoms with Crippen LogP contribution in [-0.2, 0) is 10.0 Å². The molecule has 1 unspecified atom stereocenters. The van der Waals surface area contributed by atoms with E-state index in [0.29, 0.717) is 11.3 Å². The van der Waals surface area contributed by atoms with E-state index in [1.165, 1.54) is 15.9 Å². The molecule has 32 heavy (non-hydrogen) atoms. The zero-order valence-electron chi connectivity index (χ0n) is 18.6. The van der Waals surface area contributed by atoms with Gasteiger partial charge in [-0.3, -0.25) is 9.10 Å². The van der Waals surface area contributed by atoms with Gasteiger partial charge in [-0.1, -0.05) is 48.0 Å². The van der Waals surface area contributed by atoms with E-state index < -0.39 is 10.0 Å². The van der Waals surface area contributed by atoms with Gasteiger partial charge >= 0.3 is 0 Å². The zero-order valence-corrected chi connectivity index (χ0v) is 19.4. The van der Waals surface area contributed by atoms with Crippen LogP contribution in [0.2, 0.25) is 0 Å². The molecule has 0 bridgehead atoms. The topological polar surface area (TPSA) is 66.5 Å². The third-order valence-electron chi connectivity index (χ3n) is 5.28. The van der Waals surface area contributed by atoms with Crippen molar-refractivity contribution in [1.82, 2.24) is 5.32 Å². The molecule has 5 nitrogen and oxygen atoms in total. The summed E-state index contributed by atoms with van der Waals surface area (Å²) in [5, 5.41) is 3.02. The first kappa shape index (κ1) is 23.3. The van der Waals surface area contributed by atoms with Gasteiger partial charge in [0.2, 0.25) is 0 Å². The molecule has 0 aliphatic carbocycles. The number of amides is 1. The van der Waals surface area contributed by atoms with Crippen LogP contribution in [0.25, 0.3) is 0 Å². The summed E-state index contributed by atoms with van der Waals surface area (Å²) in [6.07, 6.45) is 1.53. The van der Waals surface area contributed by atoms with Crippen molar-refractivity contribution < 1.29 is 13.2 Å². The Bertz CT molecular complexity index is 1200. The molecule has 166 valence electrons. The molecule has 1 atom stereocenters. The molecule has 0 aromatic heterocycles. The predicted molar refractivity (Wildman–Crippen MR) is 129 cm³/mol. The fourth-order valence-electron chi connectivity index (χ4n) is 3.63. The molecular weight excluding hydrogens is 420 g/mol. The molecular formula is C26H28N2O3S. The zero-order chi connectivity index (χ0) is 23.3. The molecule has 6 heteroatoms. The minimum atomic E-state index is -3.75. The largest absolute Gasteiger partial charge is 0.346 e. The molecule has 0 saturated heterocycles. The second-order valence-electron chi connectivity index (χ2n) is 7.74. The Morgan fingerprint density at radius 1 is 1.03 bits per heavy atom. The predicted octanol–water partition coefficient (Wildman–Crippen LogP) is 5.18. The van der Waals surface area contributed by atoms with E-state index in [-0.39, 0.29) is 23.4 Å². The summed E-state index contributed by atoms with van der Waals surface area (Å²) in [4.78, 5) is 13.0. The van der Waals surface area contributed by atoms with Crippen LogP contribution >= 0.6 is 0 Å². The first-order valence-electron chi connectivity index (χ1n) is 10.4. The summed E-state index contributed by atoms with van der Waals surface area (Å²) >= 11 is 0.